The summed E-state index contributed by atoms with van der Waals surface area (Å²) in [6, 6.07) is 0.964. The summed E-state index contributed by atoms with van der Waals surface area (Å²) in [6.07, 6.45) is -0.148. The molecule has 1 aromatic carbocycles. The highest BCUT2D eigenvalue weighted by atomic mass is 19.2. The van der Waals surface area contributed by atoms with Crippen LogP contribution in [0.3, 0.4) is 0 Å². The Labute approximate surface area is 106 Å². The van der Waals surface area contributed by atoms with Gasteiger partial charge in [0.05, 0.1) is 18.7 Å². The summed E-state index contributed by atoms with van der Waals surface area (Å²) in [6.45, 7) is -0.118. The Morgan fingerprint density at radius 3 is 2.53 bits per heavy atom. The van der Waals surface area contributed by atoms with E-state index >= 15 is 0 Å². The Bertz CT molecular complexity index is 547. The maximum absolute atomic E-state index is 13.5. The fourth-order valence-corrected chi connectivity index (χ4v) is 1.98. The van der Waals surface area contributed by atoms with Crippen molar-refractivity contribution < 1.29 is 27.5 Å². The fourth-order valence-electron chi connectivity index (χ4n) is 1.98. The first-order chi connectivity index (χ1) is 8.93. The van der Waals surface area contributed by atoms with Crippen LogP contribution in [0.25, 0.3) is 0 Å². The normalized spacial score (nSPS) is 18.8. The Hall–Kier alpha value is -2.05. The van der Waals surface area contributed by atoms with Gasteiger partial charge >= 0.3 is 5.97 Å². The summed E-state index contributed by atoms with van der Waals surface area (Å²) in [7, 11) is 1.17. The molecule has 0 saturated carbocycles. The van der Waals surface area contributed by atoms with E-state index in [2.05, 4.69) is 4.74 Å². The van der Waals surface area contributed by atoms with Crippen molar-refractivity contribution in [2.45, 2.75) is 6.42 Å². The molecular formula is C12H10F3NO3. The molecule has 1 aliphatic heterocycles. The van der Waals surface area contributed by atoms with E-state index in [9.17, 15) is 22.8 Å². The van der Waals surface area contributed by atoms with E-state index in [-0.39, 0.29) is 18.7 Å². The number of methoxy groups -OCH3 is 1. The number of ether oxygens (including phenoxy) is 1. The van der Waals surface area contributed by atoms with Crippen LogP contribution < -0.4 is 4.90 Å². The number of rotatable bonds is 2. The smallest absolute Gasteiger partial charge is 0.311 e. The first-order valence-electron chi connectivity index (χ1n) is 5.46. The van der Waals surface area contributed by atoms with E-state index in [1.165, 1.54) is 7.11 Å². The zero-order valence-electron chi connectivity index (χ0n) is 9.95. The number of hydrogen-bond donors (Lipinski definition) is 0. The number of benzene rings is 1. The van der Waals surface area contributed by atoms with Gasteiger partial charge in [0.2, 0.25) is 5.91 Å². The second kappa shape index (κ2) is 4.91. The Balaban J connectivity index is 2.30. The van der Waals surface area contributed by atoms with Gasteiger partial charge < -0.3 is 9.64 Å². The predicted octanol–water partition coefficient (Wildman–Crippen LogP) is 1.63. The van der Waals surface area contributed by atoms with Crippen LogP contribution in [0.1, 0.15) is 6.42 Å². The molecule has 102 valence electrons. The summed E-state index contributed by atoms with van der Waals surface area (Å²) >= 11 is 0. The van der Waals surface area contributed by atoms with Crippen molar-refractivity contribution in [1.82, 2.24) is 0 Å². The van der Waals surface area contributed by atoms with Gasteiger partial charge in [0, 0.05) is 25.1 Å². The molecule has 4 nitrogen and oxygen atoms in total. The lowest BCUT2D eigenvalue weighted by molar-refractivity contribution is -0.145. The number of nitrogens with zero attached hydrogens (tertiary/aromatic N) is 1. The quantitative estimate of drug-likeness (QED) is 0.607. The van der Waals surface area contributed by atoms with Crippen LogP contribution in [-0.4, -0.2) is 25.5 Å². The number of esters is 1. The first-order valence-corrected chi connectivity index (χ1v) is 5.46. The second-order valence-corrected chi connectivity index (χ2v) is 4.15. The molecule has 2 rings (SSSR count). The molecule has 1 unspecified atom stereocenters. The van der Waals surface area contributed by atoms with Crippen LogP contribution in [-0.2, 0) is 14.3 Å². The van der Waals surface area contributed by atoms with Crippen molar-refractivity contribution in [2.75, 3.05) is 18.6 Å². The van der Waals surface area contributed by atoms with Crippen LogP contribution in [0.15, 0.2) is 12.1 Å². The van der Waals surface area contributed by atoms with Crippen LogP contribution in [0.4, 0.5) is 18.9 Å². The molecule has 1 atom stereocenters. The highest BCUT2D eigenvalue weighted by molar-refractivity contribution is 5.99. The largest absolute Gasteiger partial charge is 0.469 e. The molecule has 0 N–H and O–H groups in total. The summed E-state index contributed by atoms with van der Waals surface area (Å²) in [4.78, 5) is 23.9. The lowest BCUT2D eigenvalue weighted by Gasteiger charge is -2.17. The van der Waals surface area contributed by atoms with Gasteiger partial charge in [0.25, 0.3) is 0 Å². The van der Waals surface area contributed by atoms with E-state index < -0.39 is 35.2 Å². The van der Waals surface area contributed by atoms with Gasteiger partial charge in [-0.25, -0.2) is 13.2 Å². The van der Waals surface area contributed by atoms with Crippen LogP contribution in [0.2, 0.25) is 0 Å². The fraction of sp³-hybridized carbons (Fsp3) is 0.333. The minimum Gasteiger partial charge on any atom is -0.469 e. The number of amides is 1. The molecule has 19 heavy (non-hydrogen) atoms. The molecule has 7 heteroatoms. The number of halogens is 3. The summed E-state index contributed by atoms with van der Waals surface area (Å²) in [5.74, 6) is -5.52. The van der Waals surface area contributed by atoms with E-state index in [4.69, 9.17) is 0 Å². The molecule has 1 fully saturated rings. The van der Waals surface area contributed by atoms with E-state index in [1.807, 2.05) is 0 Å². The molecular weight excluding hydrogens is 263 g/mol. The molecule has 0 spiro atoms. The van der Waals surface area contributed by atoms with E-state index in [0.717, 1.165) is 4.90 Å². The van der Waals surface area contributed by atoms with Crippen LogP contribution >= 0.6 is 0 Å². The third-order valence-corrected chi connectivity index (χ3v) is 2.94. The second-order valence-electron chi connectivity index (χ2n) is 4.15. The lowest BCUT2D eigenvalue weighted by atomic mass is 10.1. The van der Waals surface area contributed by atoms with Crippen molar-refractivity contribution >= 4 is 17.6 Å². The Morgan fingerprint density at radius 2 is 1.89 bits per heavy atom. The van der Waals surface area contributed by atoms with Crippen molar-refractivity contribution in [3.05, 3.63) is 29.6 Å². The van der Waals surface area contributed by atoms with Crippen molar-refractivity contribution in [2.24, 2.45) is 5.92 Å². The summed E-state index contributed by atoms with van der Waals surface area (Å²) < 4.78 is 43.9. The Morgan fingerprint density at radius 1 is 1.26 bits per heavy atom. The van der Waals surface area contributed by atoms with E-state index in [1.54, 1.807) is 0 Å². The van der Waals surface area contributed by atoms with Crippen molar-refractivity contribution in [3.8, 4) is 0 Å². The SMILES string of the molecule is COC(=O)C1CC(=O)N(c2cc(F)c(F)cc2F)C1. The zero-order chi connectivity index (χ0) is 14.2. The predicted molar refractivity (Wildman–Crippen MR) is 58.8 cm³/mol. The van der Waals surface area contributed by atoms with Gasteiger partial charge in [0.1, 0.15) is 5.82 Å². The molecule has 0 aliphatic carbocycles. The van der Waals surface area contributed by atoms with Crippen molar-refractivity contribution in [3.63, 3.8) is 0 Å². The summed E-state index contributed by atoms with van der Waals surface area (Å²) in [5.41, 5.74) is -0.379. The standard InChI is InChI=1S/C12H10F3NO3/c1-19-12(18)6-2-11(17)16(5-6)10-4-8(14)7(13)3-9(10)15/h3-4,6H,2,5H2,1H3. The van der Waals surface area contributed by atoms with Gasteiger partial charge in [0.15, 0.2) is 11.6 Å². The van der Waals surface area contributed by atoms with Gasteiger partial charge in [-0.3, -0.25) is 9.59 Å². The number of carbonyl (C=O) groups is 2. The average molecular weight is 273 g/mol. The van der Waals surface area contributed by atoms with Gasteiger partial charge in [-0.1, -0.05) is 0 Å². The third-order valence-electron chi connectivity index (χ3n) is 2.94. The Kier molecular flexibility index (Phi) is 3.46. The van der Waals surface area contributed by atoms with Crippen molar-refractivity contribution in [1.29, 1.82) is 0 Å². The molecule has 1 amide bonds. The minimum atomic E-state index is -1.34. The molecule has 1 saturated heterocycles. The highest BCUT2D eigenvalue weighted by Crippen LogP contribution is 2.29. The van der Waals surface area contributed by atoms with Gasteiger partial charge in [-0.05, 0) is 0 Å². The topological polar surface area (TPSA) is 46.6 Å². The molecule has 0 radical (unpaired) electrons. The van der Waals surface area contributed by atoms with Crippen LogP contribution in [0.5, 0.6) is 0 Å². The molecule has 1 aliphatic rings. The monoisotopic (exact) mass is 273 g/mol. The highest BCUT2D eigenvalue weighted by Gasteiger charge is 2.37. The van der Waals surface area contributed by atoms with Gasteiger partial charge in [-0.15, -0.1) is 0 Å². The average Bonchev–Trinajstić information content (AvgIpc) is 2.75. The molecule has 1 aromatic rings. The maximum atomic E-state index is 13.5. The summed E-state index contributed by atoms with van der Waals surface area (Å²) in [5, 5.41) is 0. The minimum absolute atomic E-state index is 0.118. The first kappa shape index (κ1) is 13.4. The maximum Gasteiger partial charge on any atom is 0.311 e. The number of anilines is 1. The number of hydrogen-bond acceptors (Lipinski definition) is 3. The molecule has 0 bridgehead atoms. The molecule has 1 heterocycles. The lowest BCUT2D eigenvalue weighted by Crippen LogP contribution is -2.27. The molecule has 0 aromatic heterocycles. The third kappa shape index (κ3) is 2.40. The van der Waals surface area contributed by atoms with Crippen LogP contribution in [0, 0.1) is 23.4 Å². The van der Waals surface area contributed by atoms with Gasteiger partial charge in [-0.2, -0.15) is 0 Å². The van der Waals surface area contributed by atoms with E-state index in [0.29, 0.717) is 12.1 Å². The zero-order valence-corrected chi connectivity index (χ0v) is 9.95. The number of carbonyl (C=O) groups excluding carboxylic acids is 2.